The van der Waals surface area contributed by atoms with Crippen molar-refractivity contribution in [2.24, 2.45) is 5.73 Å². The van der Waals surface area contributed by atoms with E-state index in [2.05, 4.69) is 10.3 Å². The lowest BCUT2D eigenvalue weighted by Crippen LogP contribution is -2.13. The highest BCUT2D eigenvalue weighted by Gasteiger charge is 2.26. The number of fused-ring (bicyclic) bond motifs is 1. The Morgan fingerprint density at radius 2 is 2.23 bits per heavy atom. The third-order valence-corrected chi connectivity index (χ3v) is 6.14. The fourth-order valence-corrected chi connectivity index (χ4v) is 4.71. The number of rotatable bonds is 4. The molecule has 0 atom stereocenters. The minimum absolute atomic E-state index is 0.133. The van der Waals surface area contributed by atoms with Crippen LogP contribution in [0.25, 0.3) is 0 Å². The molecule has 0 radical (unpaired) electrons. The second-order valence-electron chi connectivity index (χ2n) is 5.01. The maximum Gasteiger partial charge on any atom is 0.275 e. The Bertz CT molecular complexity index is 828. The molecule has 116 valence electrons. The van der Waals surface area contributed by atoms with Crippen LogP contribution in [0.15, 0.2) is 28.5 Å². The molecule has 1 aliphatic rings. The van der Waals surface area contributed by atoms with Crippen molar-refractivity contribution in [1.29, 1.82) is 0 Å². The van der Waals surface area contributed by atoms with E-state index < -0.39 is 9.84 Å². The lowest BCUT2D eigenvalue weighted by molar-refractivity contribution is 0.102. The van der Waals surface area contributed by atoms with E-state index in [1.807, 2.05) is 0 Å². The van der Waals surface area contributed by atoms with E-state index in [1.165, 1.54) is 17.4 Å². The Balaban J connectivity index is 1.80. The van der Waals surface area contributed by atoms with Gasteiger partial charge in [-0.3, -0.25) is 4.79 Å². The zero-order valence-electron chi connectivity index (χ0n) is 11.7. The maximum absolute atomic E-state index is 12.1. The van der Waals surface area contributed by atoms with E-state index >= 15 is 0 Å². The summed E-state index contributed by atoms with van der Waals surface area (Å²) in [5, 5.41) is 5.17. The van der Waals surface area contributed by atoms with Gasteiger partial charge in [-0.05, 0) is 30.7 Å². The van der Waals surface area contributed by atoms with Crippen LogP contribution < -0.4 is 11.1 Å². The van der Waals surface area contributed by atoms with Gasteiger partial charge in [-0.25, -0.2) is 13.4 Å². The van der Waals surface area contributed by atoms with Crippen molar-refractivity contribution in [1.82, 2.24) is 4.98 Å². The summed E-state index contributed by atoms with van der Waals surface area (Å²) in [4.78, 5) is 16.7. The summed E-state index contributed by atoms with van der Waals surface area (Å²) in [6.45, 7) is 0.483. The van der Waals surface area contributed by atoms with Gasteiger partial charge in [-0.1, -0.05) is 6.07 Å². The van der Waals surface area contributed by atoms with Gasteiger partial charge in [-0.15, -0.1) is 11.3 Å². The van der Waals surface area contributed by atoms with E-state index in [4.69, 9.17) is 5.73 Å². The minimum Gasteiger partial charge on any atom is -0.330 e. The Kier molecular flexibility index (Phi) is 3.98. The average molecular weight is 337 g/mol. The molecule has 0 fully saturated rings. The quantitative estimate of drug-likeness (QED) is 0.873. The summed E-state index contributed by atoms with van der Waals surface area (Å²) >= 11 is 1.39. The van der Waals surface area contributed by atoms with Crippen molar-refractivity contribution < 1.29 is 13.2 Å². The highest BCUT2D eigenvalue weighted by molar-refractivity contribution is 7.91. The van der Waals surface area contributed by atoms with Crippen LogP contribution in [0.3, 0.4) is 0 Å². The monoisotopic (exact) mass is 337 g/mol. The number of nitrogens with zero attached hydrogens (tertiary/aromatic N) is 1. The molecule has 0 spiro atoms. The van der Waals surface area contributed by atoms with Gasteiger partial charge in [0.25, 0.3) is 5.91 Å². The second-order valence-corrected chi connectivity index (χ2v) is 8.03. The van der Waals surface area contributed by atoms with Crippen molar-refractivity contribution in [3.8, 4) is 0 Å². The Morgan fingerprint density at radius 3 is 3.00 bits per heavy atom. The molecule has 0 bridgehead atoms. The topological polar surface area (TPSA) is 102 Å². The number of thiazole rings is 1. The summed E-state index contributed by atoms with van der Waals surface area (Å²) in [5.41, 5.74) is 7.04. The van der Waals surface area contributed by atoms with Crippen LogP contribution in [0.4, 0.5) is 5.69 Å². The summed E-state index contributed by atoms with van der Waals surface area (Å²) in [6, 6.07) is 4.98. The van der Waals surface area contributed by atoms with Crippen LogP contribution in [0.2, 0.25) is 0 Å². The molecule has 2 aromatic rings. The minimum atomic E-state index is -3.21. The van der Waals surface area contributed by atoms with Crippen molar-refractivity contribution >= 4 is 32.8 Å². The van der Waals surface area contributed by atoms with Crippen molar-refractivity contribution in [2.75, 3.05) is 17.6 Å². The average Bonchev–Trinajstić information content (AvgIpc) is 3.05. The first-order chi connectivity index (χ1) is 10.5. The number of aromatic nitrogens is 1. The standard InChI is InChI=1S/C14H15N3O3S2/c15-5-3-13-17-11(8-21-13)14(18)16-10-2-1-9-4-6-22(19,20)12(9)7-10/h1-2,7-8H,3-6,15H2,(H,16,18). The van der Waals surface area contributed by atoms with E-state index in [1.54, 1.807) is 17.5 Å². The van der Waals surface area contributed by atoms with E-state index in [-0.39, 0.29) is 11.7 Å². The molecule has 0 unspecified atom stereocenters. The van der Waals surface area contributed by atoms with Gasteiger partial charge in [0.05, 0.1) is 15.7 Å². The number of sulfone groups is 1. The molecule has 8 heteroatoms. The van der Waals surface area contributed by atoms with Gasteiger partial charge in [-0.2, -0.15) is 0 Å². The third kappa shape index (κ3) is 2.90. The first-order valence-electron chi connectivity index (χ1n) is 6.81. The van der Waals surface area contributed by atoms with Crippen molar-refractivity contribution in [2.45, 2.75) is 17.7 Å². The third-order valence-electron chi connectivity index (χ3n) is 3.44. The fourth-order valence-electron chi connectivity index (χ4n) is 2.33. The number of nitrogens with two attached hydrogens (primary N) is 1. The van der Waals surface area contributed by atoms with E-state index in [9.17, 15) is 13.2 Å². The zero-order chi connectivity index (χ0) is 15.7. The van der Waals surface area contributed by atoms with Crippen LogP contribution in [0.1, 0.15) is 21.1 Å². The fraction of sp³-hybridized carbons (Fsp3) is 0.286. The van der Waals surface area contributed by atoms with Crippen LogP contribution in [0.5, 0.6) is 0 Å². The lowest BCUT2D eigenvalue weighted by atomic mass is 10.1. The molecule has 3 rings (SSSR count). The summed E-state index contributed by atoms with van der Waals surface area (Å²) in [6.07, 6.45) is 1.16. The number of carbonyl (C=O) groups is 1. The van der Waals surface area contributed by atoms with Gasteiger partial charge in [0, 0.05) is 17.5 Å². The zero-order valence-corrected chi connectivity index (χ0v) is 13.3. The van der Waals surface area contributed by atoms with Gasteiger partial charge in [0.15, 0.2) is 9.84 Å². The maximum atomic E-state index is 12.1. The van der Waals surface area contributed by atoms with Crippen LogP contribution >= 0.6 is 11.3 Å². The Labute approximate surface area is 132 Å². The highest BCUT2D eigenvalue weighted by Crippen LogP contribution is 2.28. The molecule has 0 saturated heterocycles. The number of benzene rings is 1. The van der Waals surface area contributed by atoms with Crippen LogP contribution in [-0.2, 0) is 22.7 Å². The van der Waals surface area contributed by atoms with Gasteiger partial charge >= 0.3 is 0 Å². The second kappa shape index (κ2) is 5.79. The number of hydrogen-bond acceptors (Lipinski definition) is 6. The van der Waals surface area contributed by atoms with Crippen LogP contribution in [0, 0.1) is 0 Å². The smallest absolute Gasteiger partial charge is 0.275 e. The summed E-state index contributed by atoms with van der Waals surface area (Å²) in [5.74, 6) is -0.219. The first kappa shape index (κ1) is 15.1. The van der Waals surface area contributed by atoms with Gasteiger partial charge in [0.2, 0.25) is 0 Å². The number of nitrogens with one attached hydrogen (secondary N) is 1. The molecule has 1 aromatic heterocycles. The van der Waals surface area contributed by atoms with Crippen LogP contribution in [-0.4, -0.2) is 31.6 Å². The van der Waals surface area contributed by atoms with Crippen molar-refractivity contribution in [3.05, 3.63) is 39.8 Å². The number of anilines is 1. The molecule has 3 N–H and O–H groups in total. The highest BCUT2D eigenvalue weighted by atomic mass is 32.2. The normalized spacial score (nSPS) is 15.5. The first-order valence-corrected chi connectivity index (χ1v) is 9.34. The van der Waals surface area contributed by atoms with E-state index in [0.29, 0.717) is 35.7 Å². The molecule has 1 aliphatic heterocycles. The molecule has 1 aromatic carbocycles. The van der Waals surface area contributed by atoms with Crippen molar-refractivity contribution in [3.63, 3.8) is 0 Å². The van der Waals surface area contributed by atoms with Gasteiger partial charge in [0.1, 0.15) is 5.69 Å². The number of amides is 1. The molecule has 0 saturated carbocycles. The summed E-state index contributed by atoms with van der Waals surface area (Å²) < 4.78 is 23.8. The number of carbonyl (C=O) groups excluding carboxylic acids is 1. The molecule has 1 amide bonds. The summed E-state index contributed by atoms with van der Waals surface area (Å²) in [7, 11) is -3.21. The Hall–Kier alpha value is -1.77. The molecule has 6 nitrogen and oxygen atoms in total. The van der Waals surface area contributed by atoms with Gasteiger partial charge < -0.3 is 11.1 Å². The largest absolute Gasteiger partial charge is 0.330 e. The molecular formula is C14H15N3O3S2. The Morgan fingerprint density at radius 1 is 1.41 bits per heavy atom. The number of hydrogen-bond donors (Lipinski definition) is 2. The molecule has 0 aliphatic carbocycles. The predicted molar refractivity (Wildman–Crippen MR) is 85.0 cm³/mol. The number of aryl methyl sites for hydroxylation is 1. The molecular weight excluding hydrogens is 322 g/mol. The molecule has 22 heavy (non-hydrogen) atoms. The lowest BCUT2D eigenvalue weighted by Gasteiger charge is -2.05. The molecule has 2 heterocycles. The predicted octanol–water partition coefficient (Wildman–Crippen LogP) is 1.23. The van der Waals surface area contributed by atoms with E-state index in [0.717, 1.165) is 10.6 Å². The SMILES string of the molecule is NCCc1nc(C(=O)Nc2ccc3c(c2)S(=O)(=O)CC3)cs1.